The van der Waals surface area contributed by atoms with Crippen LogP contribution in [0, 0.1) is 18.3 Å². The highest BCUT2D eigenvalue weighted by atomic mass is 16.2. The summed E-state index contributed by atoms with van der Waals surface area (Å²) in [6, 6.07) is 15.0. The van der Waals surface area contributed by atoms with E-state index < -0.39 is 23.9 Å². The summed E-state index contributed by atoms with van der Waals surface area (Å²) in [5.41, 5.74) is 3.04. The van der Waals surface area contributed by atoms with Crippen molar-refractivity contribution in [2.45, 2.75) is 26.3 Å². The van der Waals surface area contributed by atoms with Gasteiger partial charge in [-0.3, -0.25) is 19.4 Å². The minimum absolute atomic E-state index is 0.289. The molecule has 2 aromatic rings. The summed E-state index contributed by atoms with van der Waals surface area (Å²) in [7, 11) is 0. The number of anilines is 2. The molecule has 2 aromatic carbocycles. The zero-order chi connectivity index (χ0) is 20.3. The third-order valence-corrected chi connectivity index (χ3v) is 4.58. The number of urea groups is 1. The maximum Gasteiger partial charge on any atom is 0.332 e. The van der Waals surface area contributed by atoms with Crippen LogP contribution in [0.4, 0.5) is 16.2 Å². The fraction of sp³-hybridized carbons (Fsp3) is 0.238. The molecule has 0 bridgehead atoms. The Labute approximate surface area is 163 Å². The first-order valence-electron chi connectivity index (χ1n) is 8.87. The average molecular weight is 376 g/mol. The molecule has 1 fully saturated rings. The molecule has 1 aliphatic rings. The lowest BCUT2D eigenvalue weighted by Crippen LogP contribution is -2.39. The number of carbonyl (C=O) groups is 3. The normalized spacial score (nSPS) is 16.2. The van der Waals surface area contributed by atoms with E-state index in [4.69, 9.17) is 5.26 Å². The topological polar surface area (TPSA) is 93.5 Å². The van der Waals surface area contributed by atoms with Gasteiger partial charge in [-0.2, -0.15) is 5.26 Å². The van der Waals surface area contributed by atoms with Gasteiger partial charge in [-0.25, -0.2) is 4.79 Å². The highest BCUT2D eigenvalue weighted by Crippen LogP contribution is 2.26. The van der Waals surface area contributed by atoms with Crippen molar-refractivity contribution in [3.05, 3.63) is 59.7 Å². The Morgan fingerprint density at radius 2 is 1.75 bits per heavy atom. The average Bonchev–Trinajstić information content (AvgIpc) is 2.88. The Bertz CT molecular complexity index is 945. The van der Waals surface area contributed by atoms with E-state index in [0.29, 0.717) is 11.4 Å². The van der Waals surface area contributed by atoms with Crippen LogP contribution < -0.4 is 10.2 Å². The highest BCUT2D eigenvalue weighted by molar-refractivity contribution is 6.16. The molecule has 1 heterocycles. The Morgan fingerprint density at radius 3 is 2.36 bits per heavy atom. The molecular weight excluding hydrogens is 356 g/mol. The molecule has 7 heteroatoms. The van der Waals surface area contributed by atoms with E-state index in [-0.39, 0.29) is 13.0 Å². The van der Waals surface area contributed by atoms with Gasteiger partial charge in [0.15, 0.2) is 0 Å². The molecule has 7 nitrogen and oxygen atoms in total. The number of hydrogen-bond acceptors (Lipinski definition) is 4. The first kappa shape index (κ1) is 19.1. The number of amides is 4. The Kier molecular flexibility index (Phi) is 5.41. The van der Waals surface area contributed by atoms with Crippen molar-refractivity contribution in [1.29, 1.82) is 5.26 Å². The van der Waals surface area contributed by atoms with Crippen LogP contribution in [0.15, 0.2) is 48.5 Å². The maximum atomic E-state index is 12.7. The van der Waals surface area contributed by atoms with Gasteiger partial charge in [0.05, 0.1) is 12.5 Å². The number of rotatable bonds is 5. The van der Waals surface area contributed by atoms with Crippen molar-refractivity contribution < 1.29 is 14.4 Å². The summed E-state index contributed by atoms with van der Waals surface area (Å²) < 4.78 is 0. The molecule has 0 spiro atoms. The fourth-order valence-electron chi connectivity index (χ4n) is 3.05. The van der Waals surface area contributed by atoms with E-state index in [0.717, 1.165) is 16.0 Å². The van der Waals surface area contributed by atoms with Crippen molar-refractivity contribution in [3.63, 3.8) is 0 Å². The summed E-state index contributed by atoms with van der Waals surface area (Å²) in [6.45, 7) is 3.23. The first-order valence-corrected chi connectivity index (χ1v) is 8.87. The van der Waals surface area contributed by atoms with Gasteiger partial charge in [0, 0.05) is 11.4 Å². The number of nitrogens with one attached hydrogen (secondary N) is 1. The molecule has 3 rings (SSSR count). The number of hydrogen-bond donors (Lipinski definition) is 1. The first-order chi connectivity index (χ1) is 13.4. The summed E-state index contributed by atoms with van der Waals surface area (Å²) in [4.78, 5) is 40.0. The molecule has 4 amide bonds. The molecule has 0 unspecified atom stereocenters. The highest BCUT2D eigenvalue weighted by Gasteiger charge is 2.43. The maximum absolute atomic E-state index is 12.7. The van der Waals surface area contributed by atoms with E-state index in [1.54, 1.807) is 43.3 Å². The standard InChI is InChI=1S/C21H20N4O3/c1-14-3-9-18(10-4-14)25-15(2)20(27)24(21(25)28)13-19(26)23-17-7-5-16(6-8-17)11-12-22/h3-10,15H,11,13H2,1-2H3,(H,23,26)/t15-/m1/s1. The second-order valence-electron chi connectivity index (χ2n) is 6.67. The van der Waals surface area contributed by atoms with Gasteiger partial charge < -0.3 is 5.32 Å². The summed E-state index contributed by atoms with van der Waals surface area (Å²) in [5.74, 6) is -0.877. The lowest BCUT2D eigenvalue weighted by molar-refractivity contribution is -0.130. The molecule has 28 heavy (non-hydrogen) atoms. The second kappa shape index (κ2) is 7.92. The van der Waals surface area contributed by atoms with Gasteiger partial charge in [0.2, 0.25) is 5.91 Å². The van der Waals surface area contributed by atoms with Gasteiger partial charge in [-0.1, -0.05) is 29.8 Å². The Balaban J connectivity index is 1.68. The third kappa shape index (κ3) is 3.86. The van der Waals surface area contributed by atoms with Crippen LogP contribution in [0.3, 0.4) is 0 Å². The Hall–Kier alpha value is -3.66. The van der Waals surface area contributed by atoms with Crippen molar-refractivity contribution in [3.8, 4) is 6.07 Å². The molecule has 0 radical (unpaired) electrons. The van der Waals surface area contributed by atoms with Crippen molar-refractivity contribution >= 4 is 29.2 Å². The number of benzene rings is 2. The smallest absolute Gasteiger partial charge is 0.325 e. The van der Waals surface area contributed by atoms with Crippen molar-refractivity contribution in [2.75, 3.05) is 16.8 Å². The molecule has 0 saturated carbocycles. The van der Waals surface area contributed by atoms with Gasteiger partial charge in [-0.15, -0.1) is 0 Å². The quantitative estimate of drug-likeness (QED) is 0.812. The zero-order valence-electron chi connectivity index (χ0n) is 15.7. The monoisotopic (exact) mass is 376 g/mol. The lowest BCUT2D eigenvalue weighted by atomic mass is 10.1. The fourth-order valence-corrected chi connectivity index (χ4v) is 3.05. The molecule has 1 aliphatic heterocycles. The largest absolute Gasteiger partial charge is 0.332 e. The van der Waals surface area contributed by atoms with Crippen molar-refractivity contribution in [1.82, 2.24) is 4.90 Å². The van der Waals surface area contributed by atoms with Crippen LogP contribution >= 0.6 is 0 Å². The summed E-state index contributed by atoms with van der Waals surface area (Å²) >= 11 is 0. The van der Waals surface area contributed by atoms with E-state index >= 15 is 0 Å². The van der Waals surface area contributed by atoms with Gasteiger partial charge in [-0.05, 0) is 43.7 Å². The van der Waals surface area contributed by atoms with E-state index in [1.807, 2.05) is 19.1 Å². The van der Waals surface area contributed by atoms with Gasteiger partial charge >= 0.3 is 6.03 Å². The van der Waals surface area contributed by atoms with Crippen LogP contribution in [-0.4, -0.2) is 35.3 Å². The Morgan fingerprint density at radius 1 is 1.11 bits per heavy atom. The predicted molar refractivity (Wildman–Crippen MR) is 105 cm³/mol. The van der Waals surface area contributed by atoms with E-state index in [9.17, 15) is 14.4 Å². The summed E-state index contributed by atoms with van der Waals surface area (Å²) in [6.07, 6.45) is 0.289. The molecule has 0 aromatic heterocycles. The predicted octanol–water partition coefficient (Wildman–Crippen LogP) is 2.86. The number of nitriles is 1. The molecule has 1 saturated heterocycles. The van der Waals surface area contributed by atoms with Crippen LogP contribution in [0.5, 0.6) is 0 Å². The molecule has 1 atom stereocenters. The van der Waals surface area contributed by atoms with Gasteiger partial charge in [0.1, 0.15) is 12.6 Å². The molecule has 1 N–H and O–H groups in total. The summed E-state index contributed by atoms with van der Waals surface area (Å²) in [5, 5.41) is 11.4. The van der Waals surface area contributed by atoms with Crippen LogP contribution in [0.2, 0.25) is 0 Å². The number of aryl methyl sites for hydroxylation is 1. The molecular formula is C21H20N4O3. The van der Waals surface area contributed by atoms with E-state index in [2.05, 4.69) is 11.4 Å². The number of nitrogens with zero attached hydrogens (tertiary/aromatic N) is 3. The number of carbonyl (C=O) groups excluding carboxylic acids is 3. The van der Waals surface area contributed by atoms with Crippen LogP contribution in [-0.2, 0) is 16.0 Å². The zero-order valence-corrected chi connectivity index (χ0v) is 15.7. The van der Waals surface area contributed by atoms with E-state index in [1.165, 1.54) is 4.90 Å². The lowest BCUT2D eigenvalue weighted by Gasteiger charge is -2.19. The minimum atomic E-state index is -0.673. The van der Waals surface area contributed by atoms with Gasteiger partial charge in [0.25, 0.3) is 5.91 Å². The molecule has 142 valence electrons. The number of imide groups is 1. The third-order valence-electron chi connectivity index (χ3n) is 4.58. The minimum Gasteiger partial charge on any atom is -0.325 e. The van der Waals surface area contributed by atoms with Crippen LogP contribution in [0.1, 0.15) is 18.1 Å². The SMILES string of the molecule is Cc1ccc(N2C(=O)N(CC(=O)Nc3ccc(CC#N)cc3)C(=O)[C@H]2C)cc1. The second-order valence-corrected chi connectivity index (χ2v) is 6.67. The molecule has 0 aliphatic carbocycles. The van der Waals surface area contributed by atoms with Crippen molar-refractivity contribution in [2.24, 2.45) is 0 Å². The van der Waals surface area contributed by atoms with Crippen LogP contribution in [0.25, 0.3) is 0 Å².